The Balaban J connectivity index is 1.28. The number of Topliss-reactive ketones (excluding diaryl/α,β-unsaturated/α-hetero) is 2. The number of hydrogen-bond donors (Lipinski definition) is 1. The Morgan fingerprint density at radius 3 is 2.83 bits per heavy atom. The molecule has 4 saturated carbocycles. The van der Waals surface area contributed by atoms with Gasteiger partial charge in [0.25, 0.3) is 0 Å². The van der Waals surface area contributed by atoms with Gasteiger partial charge in [0.2, 0.25) is 0 Å². The van der Waals surface area contributed by atoms with Crippen molar-refractivity contribution < 1.29 is 14.3 Å². The van der Waals surface area contributed by atoms with Gasteiger partial charge >= 0.3 is 0 Å². The van der Waals surface area contributed by atoms with Gasteiger partial charge in [0.1, 0.15) is 17.4 Å². The SMILES string of the molecule is C[C@]12CCC(OCCc3ncc[nH]3)CC1C(=O)C[C@@H]1[C@H]2CC[C@]2(C)C(=O)CC[C@@H]12. The molecule has 158 valence electrons. The molecule has 0 saturated heterocycles. The fraction of sp³-hybridized carbons (Fsp3) is 0.792. The highest BCUT2D eigenvalue weighted by molar-refractivity contribution is 5.88. The van der Waals surface area contributed by atoms with Crippen LogP contribution in [0, 0.1) is 34.5 Å². The van der Waals surface area contributed by atoms with Crippen LogP contribution in [0.2, 0.25) is 0 Å². The zero-order chi connectivity index (χ0) is 20.2. The zero-order valence-electron chi connectivity index (χ0n) is 17.8. The van der Waals surface area contributed by atoms with Gasteiger partial charge in [-0.2, -0.15) is 0 Å². The Kier molecular flexibility index (Phi) is 4.73. The van der Waals surface area contributed by atoms with E-state index in [1.54, 1.807) is 6.20 Å². The maximum absolute atomic E-state index is 13.3. The smallest absolute Gasteiger partial charge is 0.139 e. The molecule has 5 rings (SSSR count). The number of imidazole rings is 1. The van der Waals surface area contributed by atoms with E-state index < -0.39 is 0 Å². The van der Waals surface area contributed by atoms with Gasteiger partial charge in [-0.3, -0.25) is 9.59 Å². The molecule has 0 spiro atoms. The average molecular weight is 399 g/mol. The molecule has 0 amide bonds. The van der Waals surface area contributed by atoms with Gasteiger partial charge in [0.05, 0.1) is 12.7 Å². The second-order valence-electron chi connectivity index (χ2n) is 10.6. The van der Waals surface area contributed by atoms with Crippen LogP contribution >= 0.6 is 0 Å². The van der Waals surface area contributed by atoms with Crippen LogP contribution < -0.4 is 0 Å². The number of fused-ring (bicyclic) bond motifs is 5. The molecule has 4 aliphatic carbocycles. The fourth-order valence-electron chi connectivity index (χ4n) is 7.68. The molecule has 5 heteroatoms. The number of hydrogen-bond acceptors (Lipinski definition) is 4. The fourth-order valence-corrected chi connectivity index (χ4v) is 7.68. The molecular weight excluding hydrogens is 364 g/mol. The summed E-state index contributed by atoms with van der Waals surface area (Å²) in [5.74, 6) is 3.43. The largest absolute Gasteiger partial charge is 0.378 e. The normalized spacial score (nSPS) is 44.3. The van der Waals surface area contributed by atoms with Crippen molar-refractivity contribution in [3.63, 3.8) is 0 Å². The lowest BCUT2D eigenvalue weighted by Crippen LogP contribution is -2.57. The maximum Gasteiger partial charge on any atom is 0.139 e. The van der Waals surface area contributed by atoms with E-state index >= 15 is 0 Å². The zero-order valence-corrected chi connectivity index (χ0v) is 17.8. The first-order valence-electron chi connectivity index (χ1n) is 11.6. The Labute approximate surface area is 173 Å². The summed E-state index contributed by atoms with van der Waals surface area (Å²) in [6.07, 6.45) is 12.1. The van der Waals surface area contributed by atoms with Crippen molar-refractivity contribution in [1.29, 1.82) is 0 Å². The minimum atomic E-state index is -0.156. The molecule has 1 aromatic rings. The molecule has 5 nitrogen and oxygen atoms in total. The van der Waals surface area contributed by atoms with Crippen LogP contribution in [0.1, 0.15) is 71.0 Å². The minimum Gasteiger partial charge on any atom is -0.378 e. The van der Waals surface area contributed by atoms with Crippen LogP contribution in [0.3, 0.4) is 0 Å². The van der Waals surface area contributed by atoms with Gasteiger partial charge in [-0.15, -0.1) is 0 Å². The van der Waals surface area contributed by atoms with Gasteiger partial charge in [0, 0.05) is 43.0 Å². The van der Waals surface area contributed by atoms with Gasteiger partial charge in [-0.05, 0) is 61.7 Å². The van der Waals surface area contributed by atoms with Crippen LogP contribution in [0.4, 0.5) is 0 Å². The Morgan fingerprint density at radius 2 is 2.03 bits per heavy atom. The first kappa shape index (κ1) is 19.5. The summed E-state index contributed by atoms with van der Waals surface area (Å²) in [4.78, 5) is 33.3. The standard InChI is InChI=1S/C24H34N2O3/c1-23-8-5-15(29-12-7-22-25-10-11-26-22)13-19(23)20(27)14-16-17-3-4-21(28)24(17,2)9-6-18(16)23/h10-11,15-19H,3-9,12-14H2,1-2H3,(H,25,26)/t15?,16-,17-,18+,19?,23+,24-/m0/s1. The van der Waals surface area contributed by atoms with Gasteiger partial charge < -0.3 is 9.72 Å². The third kappa shape index (κ3) is 3.03. The summed E-state index contributed by atoms with van der Waals surface area (Å²) in [5.41, 5.74) is -0.0648. The number of aromatic nitrogens is 2. The molecule has 1 N–H and O–H groups in total. The van der Waals surface area contributed by atoms with Crippen molar-refractivity contribution in [2.24, 2.45) is 34.5 Å². The summed E-state index contributed by atoms with van der Waals surface area (Å²) in [6.45, 7) is 5.22. The van der Waals surface area contributed by atoms with Crippen LogP contribution in [-0.4, -0.2) is 34.2 Å². The number of ether oxygens (including phenoxy) is 1. The van der Waals surface area contributed by atoms with E-state index in [0.717, 1.165) is 57.2 Å². The summed E-state index contributed by atoms with van der Waals surface area (Å²) < 4.78 is 6.18. The molecule has 4 fully saturated rings. The summed E-state index contributed by atoms with van der Waals surface area (Å²) >= 11 is 0. The minimum absolute atomic E-state index is 0.0911. The molecule has 29 heavy (non-hydrogen) atoms. The van der Waals surface area contributed by atoms with Crippen LogP contribution in [-0.2, 0) is 20.7 Å². The van der Waals surface area contributed by atoms with Crippen molar-refractivity contribution in [3.8, 4) is 0 Å². The van der Waals surface area contributed by atoms with Crippen LogP contribution in [0.25, 0.3) is 0 Å². The maximum atomic E-state index is 13.3. The third-order valence-corrected chi connectivity index (χ3v) is 9.37. The lowest BCUT2D eigenvalue weighted by Gasteiger charge is -2.59. The molecule has 7 atom stereocenters. The summed E-state index contributed by atoms with van der Waals surface area (Å²) in [6, 6.07) is 0. The number of ketones is 2. The number of carbonyl (C=O) groups excluding carboxylic acids is 2. The van der Waals surface area contributed by atoms with Crippen molar-refractivity contribution in [1.82, 2.24) is 9.97 Å². The lowest BCUT2D eigenvalue weighted by atomic mass is 9.45. The molecular formula is C24H34N2O3. The third-order valence-electron chi connectivity index (χ3n) is 9.37. The molecule has 4 aliphatic rings. The number of nitrogens with zero attached hydrogens (tertiary/aromatic N) is 1. The highest BCUT2D eigenvalue weighted by Crippen LogP contribution is 2.64. The number of aromatic amines is 1. The number of H-pyrrole nitrogens is 1. The second-order valence-corrected chi connectivity index (χ2v) is 10.6. The van der Waals surface area contributed by atoms with E-state index in [9.17, 15) is 9.59 Å². The van der Waals surface area contributed by atoms with E-state index in [-0.39, 0.29) is 22.9 Å². The van der Waals surface area contributed by atoms with Gasteiger partial charge in [-0.1, -0.05) is 13.8 Å². The average Bonchev–Trinajstić information content (AvgIpc) is 3.31. The number of rotatable bonds is 4. The van der Waals surface area contributed by atoms with Crippen molar-refractivity contribution >= 4 is 11.6 Å². The second kappa shape index (κ2) is 7.04. The number of nitrogens with one attached hydrogen (secondary N) is 1. The summed E-state index contributed by atoms with van der Waals surface area (Å²) in [5, 5.41) is 0. The topological polar surface area (TPSA) is 72.0 Å². The monoisotopic (exact) mass is 398 g/mol. The Morgan fingerprint density at radius 1 is 1.17 bits per heavy atom. The molecule has 2 unspecified atom stereocenters. The van der Waals surface area contributed by atoms with Crippen molar-refractivity contribution in [2.75, 3.05) is 6.61 Å². The predicted octanol–water partition coefficient (Wildman–Crippen LogP) is 4.13. The van der Waals surface area contributed by atoms with Gasteiger partial charge in [-0.25, -0.2) is 4.98 Å². The van der Waals surface area contributed by atoms with Crippen molar-refractivity contribution in [3.05, 3.63) is 18.2 Å². The molecule has 0 bridgehead atoms. The molecule has 0 aliphatic heterocycles. The van der Waals surface area contributed by atoms with Crippen LogP contribution in [0.15, 0.2) is 12.4 Å². The van der Waals surface area contributed by atoms with E-state index in [2.05, 4.69) is 23.8 Å². The highest BCUT2D eigenvalue weighted by atomic mass is 16.5. The Hall–Kier alpha value is -1.49. The molecule has 0 aromatic carbocycles. The van der Waals surface area contributed by atoms with Gasteiger partial charge in [0.15, 0.2) is 0 Å². The first-order chi connectivity index (χ1) is 13.9. The van der Waals surface area contributed by atoms with Crippen LogP contribution in [0.5, 0.6) is 0 Å². The lowest BCUT2D eigenvalue weighted by molar-refractivity contribution is -0.162. The Bertz CT molecular complexity index is 790. The van der Waals surface area contributed by atoms with Crippen molar-refractivity contribution in [2.45, 2.75) is 77.7 Å². The predicted molar refractivity (Wildman–Crippen MR) is 109 cm³/mol. The molecule has 1 heterocycles. The summed E-state index contributed by atoms with van der Waals surface area (Å²) in [7, 11) is 0. The molecule has 0 radical (unpaired) electrons. The van der Waals surface area contributed by atoms with E-state index in [0.29, 0.717) is 42.3 Å². The van der Waals surface area contributed by atoms with E-state index in [1.807, 2.05) is 6.20 Å². The van der Waals surface area contributed by atoms with E-state index in [4.69, 9.17) is 4.74 Å². The van der Waals surface area contributed by atoms with E-state index in [1.165, 1.54) is 0 Å². The highest BCUT2D eigenvalue weighted by Gasteiger charge is 2.62. The first-order valence-corrected chi connectivity index (χ1v) is 11.6. The number of carbonyl (C=O) groups is 2. The molecule has 1 aromatic heterocycles. The quantitative estimate of drug-likeness (QED) is 0.828.